The van der Waals surface area contributed by atoms with Gasteiger partial charge in [-0.25, -0.2) is 4.79 Å². The number of carbonyl (C=O) groups excluding carboxylic acids is 4. The van der Waals surface area contributed by atoms with Gasteiger partial charge in [0.1, 0.15) is 22.8 Å². The maximum absolute atomic E-state index is 13.5. The van der Waals surface area contributed by atoms with Crippen LogP contribution in [0.3, 0.4) is 0 Å². The van der Waals surface area contributed by atoms with Gasteiger partial charge in [0.2, 0.25) is 0 Å². The molecule has 2 aliphatic heterocycles. The third-order valence-electron chi connectivity index (χ3n) is 5.82. The molecule has 3 heterocycles. The highest BCUT2D eigenvalue weighted by atomic mass is 32.1. The zero-order valence-electron chi connectivity index (χ0n) is 18.4. The van der Waals surface area contributed by atoms with Gasteiger partial charge in [-0.1, -0.05) is 18.2 Å². The molecule has 0 radical (unpaired) electrons. The first-order valence-electron chi connectivity index (χ1n) is 10.7. The van der Waals surface area contributed by atoms with Crippen molar-refractivity contribution in [1.82, 2.24) is 15.5 Å². The van der Waals surface area contributed by atoms with E-state index in [2.05, 4.69) is 25.7 Å². The maximum Gasteiger partial charge on any atom is 0.319 e. The van der Waals surface area contributed by atoms with Gasteiger partial charge in [0, 0.05) is 29.7 Å². The van der Waals surface area contributed by atoms with Gasteiger partial charge in [-0.15, -0.1) is 11.3 Å². The molecule has 4 rings (SSSR count). The predicted molar refractivity (Wildman–Crippen MR) is 125 cm³/mol. The highest BCUT2D eigenvalue weighted by molar-refractivity contribution is 7.23. The molecule has 1 aromatic carbocycles. The number of methoxy groups -OCH3 is 1. The van der Waals surface area contributed by atoms with Gasteiger partial charge in [-0.2, -0.15) is 0 Å². The molecule has 10 nitrogen and oxygen atoms in total. The molecule has 0 saturated carbocycles. The maximum atomic E-state index is 13.5. The summed E-state index contributed by atoms with van der Waals surface area (Å²) in [5.74, 6) is -0.640. The lowest BCUT2D eigenvalue weighted by molar-refractivity contribution is -0.139. The van der Waals surface area contributed by atoms with Crippen LogP contribution in [0.1, 0.15) is 36.5 Å². The van der Waals surface area contributed by atoms with E-state index in [-0.39, 0.29) is 24.3 Å². The third kappa shape index (κ3) is 4.40. The summed E-state index contributed by atoms with van der Waals surface area (Å²) in [6, 6.07) is 7.14. The van der Waals surface area contributed by atoms with E-state index >= 15 is 0 Å². The second-order valence-electron chi connectivity index (χ2n) is 7.88. The minimum absolute atomic E-state index is 0.0949. The number of anilines is 1. The number of hydrogen-bond donors (Lipinski definition) is 3. The predicted octanol–water partition coefficient (Wildman–Crippen LogP) is 2.11. The van der Waals surface area contributed by atoms with E-state index in [1.54, 1.807) is 4.90 Å². The molecule has 0 bridgehead atoms. The Bertz CT molecular complexity index is 1150. The largest absolute Gasteiger partial charge is 0.469 e. The number of ether oxygens (including phenoxy) is 1. The lowest BCUT2D eigenvalue weighted by Crippen LogP contribution is -2.50. The fourth-order valence-electron chi connectivity index (χ4n) is 4.11. The van der Waals surface area contributed by atoms with Crippen molar-refractivity contribution in [3.05, 3.63) is 29.8 Å². The number of benzene rings is 1. The van der Waals surface area contributed by atoms with Crippen LogP contribution in [0, 0.1) is 0 Å². The molecular formula is C22H25N5O5S. The van der Waals surface area contributed by atoms with Gasteiger partial charge >= 0.3 is 12.0 Å². The van der Waals surface area contributed by atoms with Crippen molar-refractivity contribution < 1.29 is 23.9 Å². The number of hydrogen-bond acceptors (Lipinski definition) is 7. The molecule has 11 heteroatoms. The number of esters is 1. The minimum atomic E-state index is -0.973. The van der Waals surface area contributed by atoms with E-state index in [1.165, 1.54) is 18.4 Å². The second kappa shape index (κ2) is 9.18. The highest BCUT2D eigenvalue weighted by Gasteiger charge is 2.47. The summed E-state index contributed by atoms with van der Waals surface area (Å²) in [7, 11) is 1.28. The second-order valence-corrected chi connectivity index (χ2v) is 8.93. The Morgan fingerprint density at radius 3 is 2.67 bits per heavy atom. The molecule has 0 unspecified atom stereocenters. The first kappa shape index (κ1) is 22.7. The zero-order chi connectivity index (χ0) is 23.6. The van der Waals surface area contributed by atoms with Crippen LogP contribution in [0.4, 0.5) is 9.80 Å². The number of thiophene rings is 1. The molecule has 33 heavy (non-hydrogen) atoms. The average molecular weight is 472 g/mol. The van der Waals surface area contributed by atoms with Crippen molar-refractivity contribution in [3.8, 4) is 0 Å². The molecule has 0 aliphatic carbocycles. The van der Waals surface area contributed by atoms with Crippen molar-refractivity contribution in [1.29, 1.82) is 0 Å². The Balaban J connectivity index is 1.54. The fourth-order valence-corrected chi connectivity index (χ4v) is 5.20. The zero-order valence-corrected chi connectivity index (χ0v) is 19.2. The number of carbonyl (C=O) groups is 4. The van der Waals surface area contributed by atoms with E-state index < -0.39 is 11.5 Å². The molecule has 174 valence electrons. The van der Waals surface area contributed by atoms with Crippen LogP contribution in [0.2, 0.25) is 0 Å². The number of nitrogens with zero attached hydrogens (tertiary/aromatic N) is 2. The summed E-state index contributed by atoms with van der Waals surface area (Å²) >= 11 is 1.35. The summed E-state index contributed by atoms with van der Waals surface area (Å²) in [6.45, 7) is 2.94. The molecule has 1 spiro atoms. The van der Waals surface area contributed by atoms with Crippen molar-refractivity contribution in [3.63, 3.8) is 0 Å². The van der Waals surface area contributed by atoms with E-state index in [0.29, 0.717) is 48.9 Å². The summed E-state index contributed by atoms with van der Waals surface area (Å²) in [5.41, 5.74) is -0.526. The topological polar surface area (TPSA) is 129 Å². The van der Waals surface area contributed by atoms with Crippen molar-refractivity contribution in [2.75, 3.05) is 32.1 Å². The number of amidine groups is 1. The number of urea groups is 1. The number of rotatable bonds is 5. The van der Waals surface area contributed by atoms with Gasteiger partial charge in [0.15, 0.2) is 0 Å². The Morgan fingerprint density at radius 1 is 1.24 bits per heavy atom. The van der Waals surface area contributed by atoms with Crippen LogP contribution >= 0.6 is 11.3 Å². The smallest absolute Gasteiger partial charge is 0.319 e. The van der Waals surface area contributed by atoms with Crippen molar-refractivity contribution >= 4 is 56.1 Å². The summed E-state index contributed by atoms with van der Waals surface area (Å²) in [4.78, 5) is 56.0. The molecule has 1 fully saturated rings. The number of likely N-dealkylation sites (tertiary alicyclic amines) is 1. The fraction of sp³-hybridized carbons (Fsp3) is 0.409. The van der Waals surface area contributed by atoms with E-state index in [1.807, 2.05) is 31.2 Å². The van der Waals surface area contributed by atoms with Crippen LogP contribution in [0.25, 0.3) is 10.1 Å². The van der Waals surface area contributed by atoms with Crippen molar-refractivity contribution in [2.24, 2.45) is 4.99 Å². The van der Waals surface area contributed by atoms with Gasteiger partial charge in [-0.05, 0) is 25.8 Å². The van der Waals surface area contributed by atoms with Crippen molar-refractivity contribution in [2.45, 2.75) is 31.7 Å². The Labute approximate surface area is 194 Å². The average Bonchev–Trinajstić information content (AvgIpc) is 3.30. The molecule has 3 N–H and O–H groups in total. The summed E-state index contributed by atoms with van der Waals surface area (Å²) < 4.78 is 5.54. The molecule has 1 saturated heterocycles. The van der Waals surface area contributed by atoms with Crippen LogP contribution in [0.15, 0.2) is 29.3 Å². The number of fused-ring (bicyclic) bond motifs is 1. The first-order valence-corrected chi connectivity index (χ1v) is 11.5. The SMILES string of the molecule is CCNC(=O)Nc1sc2ccccc2c1C(=O)N1CCC2(CC1)N=C(CC(=O)OC)NC2=O. The van der Waals surface area contributed by atoms with Gasteiger partial charge in [0.05, 0.1) is 12.7 Å². The lowest BCUT2D eigenvalue weighted by atomic mass is 9.87. The number of piperidine rings is 1. The number of amides is 4. The molecular weight excluding hydrogens is 446 g/mol. The summed E-state index contributed by atoms with van der Waals surface area (Å²) in [5, 5.41) is 9.42. The minimum Gasteiger partial charge on any atom is -0.469 e. The van der Waals surface area contributed by atoms with E-state index in [0.717, 1.165) is 10.1 Å². The van der Waals surface area contributed by atoms with Crippen LogP contribution < -0.4 is 16.0 Å². The Morgan fingerprint density at radius 2 is 1.97 bits per heavy atom. The molecule has 0 atom stereocenters. The quantitative estimate of drug-likeness (QED) is 0.575. The standard InChI is InChI=1S/C22H25N5O5S/c1-3-23-21(31)25-18-17(13-6-4-5-7-14(13)33-18)19(29)27-10-8-22(9-11-27)20(30)24-15(26-22)12-16(28)32-2/h4-7H,3,8-12H2,1-2H3,(H2,23,25,31)(H,24,26,30). The van der Waals surface area contributed by atoms with Gasteiger partial charge in [0.25, 0.3) is 11.8 Å². The van der Waals surface area contributed by atoms with Gasteiger partial charge in [-0.3, -0.25) is 24.7 Å². The third-order valence-corrected chi connectivity index (χ3v) is 6.91. The van der Waals surface area contributed by atoms with E-state index in [4.69, 9.17) is 0 Å². The monoisotopic (exact) mass is 471 g/mol. The Hall–Kier alpha value is -3.47. The molecule has 2 aromatic rings. The number of aliphatic imine (C=N–C) groups is 1. The highest BCUT2D eigenvalue weighted by Crippen LogP contribution is 2.38. The van der Waals surface area contributed by atoms with E-state index in [9.17, 15) is 19.2 Å². The molecule has 2 aliphatic rings. The molecule has 1 aromatic heterocycles. The number of nitrogens with one attached hydrogen (secondary N) is 3. The van der Waals surface area contributed by atoms with Crippen LogP contribution in [0.5, 0.6) is 0 Å². The lowest BCUT2D eigenvalue weighted by Gasteiger charge is -2.35. The Kier molecular flexibility index (Phi) is 6.32. The van der Waals surface area contributed by atoms with Gasteiger partial charge < -0.3 is 20.3 Å². The summed E-state index contributed by atoms with van der Waals surface area (Å²) in [6.07, 6.45) is 0.592. The normalized spacial score (nSPS) is 17.0. The van der Waals surface area contributed by atoms with Crippen LogP contribution in [-0.2, 0) is 14.3 Å². The van der Waals surface area contributed by atoms with Crippen LogP contribution in [-0.4, -0.2) is 66.8 Å². The first-order chi connectivity index (χ1) is 15.9. The molecule has 4 amide bonds.